The zero-order chi connectivity index (χ0) is 47.2. The number of rotatable bonds is 50. The van der Waals surface area contributed by atoms with Crippen molar-refractivity contribution in [3.05, 3.63) is 60.8 Å². The SMILES string of the molecule is CCCCC/C=C\C/C=C\C/C=C\CCCCC(=O)OC[C@H](COC(=O)CCCCCCCCCCCCCCC)OC(=O)CCCCCCCCCCC/C=C\C/C=C\CCCCC. The van der Waals surface area contributed by atoms with Crippen molar-refractivity contribution < 1.29 is 28.6 Å². The van der Waals surface area contributed by atoms with Gasteiger partial charge >= 0.3 is 17.9 Å². The number of esters is 3. The highest BCUT2D eigenvalue weighted by molar-refractivity contribution is 5.71. The quantitative estimate of drug-likeness (QED) is 0.0262. The molecule has 0 aliphatic carbocycles. The first-order valence-electron chi connectivity index (χ1n) is 27.8. The standard InChI is InChI=1S/C59H104O6/c1-4-7-10-13-16-19-22-25-27-28-29-30-32-35-38-41-44-47-50-53-59(62)65-56(54-63-57(60)51-48-45-42-39-36-33-24-21-18-15-12-9-6-3)55-64-58(61)52-49-46-43-40-37-34-31-26-23-20-17-14-11-8-5-2/h16-17,19-20,25-27,31,37,40,56H,4-15,18,21-24,28-30,32-36,38-39,41-55H2,1-3H3/b19-16-,20-17-,27-25-,31-26-,40-37-/t56-/m0/s1. The van der Waals surface area contributed by atoms with Gasteiger partial charge in [-0.15, -0.1) is 0 Å². The van der Waals surface area contributed by atoms with Gasteiger partial charge in [0.15, 0.2) is 6.10 Å². The van der Waals surface area contributed by atoms with Crippen LogP contribution in [-0.4, -0.2) is 37.2 Å². The summed E-state index contributed by atoms with van der Waals surface area (Å²) in [5, 5.41) is 0. The molecule has 0 rings (SSSR count). The van der Waals surface area contributed by atoms with Gasteiger partial charge in [-0.3, -0.25) is 14.4 Å². The van der Waals surface area contributed by atoms with E-state index in [-0.39, 0.29) is 31.1 Å². The van der Waals surface area contributed by atoms with Gasteiger partial charge in [0.25, 0.3) is 0 Å². The monoisotopic (exact) mass is 909 g/mol. The Balaban J connectivity index is 4.41. The molecule has 0 radical (unpaired) electrons. The topological polar surface area (TPSA) is 78.9 Å². The molecule has 0 aliphatic heterocycles. The Morgan fingerprint density at radius 1 is 0.308 bits per heavy atom. The normalized spacial score (nSPS) is 12.5. The smallest absolute Gasteiger partial charge is 0.306 e. The molecule has 0 unspecified atom stereocenters. The molecular formula is C59H104O6. The Hall–Kier alpha value is -2.89. The minimum absolute atomic E-state index is 0.0857. The molecule has 0 fully saturated rings. The maximum atomic E-state index is 12.8. The molecule has 0 aromatic rings. The van der Waals surface area contributed by atoms with Crippen molar-refractivity contribution in [3.63, 3.8) is 0 Å². The molecule has 0 aliphatic rings. The highest BCUT2D eigenvalue weighted by Crippen LogP contribution is 2.15. The van der Waals surface area contributed by atoms with Gasteiger partial charge in [0.05, 0.1) is 0 Å². The Morgan fingerprint density at radius 2 is 0.554 bits per heavy atom. The van der Waals surface area contributed by atoms with Crippen molar-refractivity contribution in [2.24, 2.45) is 0 Å². The zero-order valence-corrected chi connectivity index (χ0v) is 43.0. The third-order valence-corrected chi connectivity index (χ3v) is 12.0. The molecule has 1 atom stereocenters. The number of allylic oxidation sites excluding steroid dienone is 10. The molecule has 65 heavy (non-hydrogen) atoms. The maximum Gasteiger partial charge on any atom is 0.306 e. The number of hydrogen-bond acceptors (Lipinski definition) is 6. The van der Waals surface area contributed by atoms with Crippen molar-refractivity contribution in [3.8, 4) is 0 Å². The van der Waals surface area contributed by atoms with Crippen LogP contribution in [0.25, 0.3) is 0 Å². The average Bonchev–Trinajstić information content (AvgIpc) is 3.30. The second-order valence-corrected chi connectivity index (χ2v) is 18.5. The van der Waals surface area contributed by atoms with Crippen molar-refractivity contribution >= 4 is 17.9 Å². The van der Waals surface area contributed by atoms with Gasteiger partial charge < -0.3 is 14.2 Å². The molecule has 0 N–H and O–H groups in total. The van der Waals surface area contributed by atoms with Crippen LogP contribution in [0.15, 0.2) is 60.8 Å². The summed E-state index contributed by atoms with van der Waals surface area (Å²) < 4.78 is 16.8. The molecule has 6 heteroatoms. The van der Waals surface area contributed by atoms with E-state index in [4.69, 9.17) is 14.2 Å². The predicted molar refractivity (Wildman–Crippen MR) is 279 cm³/mol. The lowest BCUT2D eigenvalue weighted by Gasteiger charge is -2.18. The van der Waals surface area contributed by atoms with Crippen LogP contribution in [0.5, 0.6) is 0 Å². The van der Waals surface area contributed by atoms with E-state index < -0.39 is 6.10 Å². The molecule has 0 amide bonds. The molecule has 0 aromatic heterocycles. The predicted octanol–water partition coefficient (Wildman–Crippen LogP) is 18.4. The zero-order valence-electron chi connectivity index (χ0n) is 43.0. The van der Waals surface area contributed by atoms with Crippen molar-refractivity contribution in [2.75, 3.05) is 13.2 Å². The van der Waals surface area contributed by atoms with E-state index in [1.807, 2.05) is 0 Å². The van der Waals surface area contributed by atoms with E-state index >= 15 is 0 Å². The fraction of sp³-hybridized carbons (Fsp3) is 0.780. The molecule has 0 spiro atoms. The molecule has 0 aromatic carbocycles. The fourth-order valence-corrected chi connectivity index (χ4v) is 7.77. The van der Waals surface area contributed by atoms with Crippen LogP contribution in [0.3, 0.4) is 0 Å². The third kappa shape index (κ3) is 51.9. The van der Waals surface area contributed by atoms with Crippen LogP contribution < -0.4 is 0 Å². The molecule has 6 nitrogen and oxygen atoms in total. The highest BCUT2D eigenvalue weighted by Gasteiger charge is 2.19. The van der Waals surface area contributed by atoms with Gasteiger partial charge in [-0.25, -0.2) is 0 Å². The molecular weight excluding hydrogens is 805 g/mol. The molecule has 0 saturated heterocycles. The lowest BCUT2D eigenvalue weighted by Crippen LogP contribution is -2.30. The summed E-state index contributed by atoms with van der Waals surface area (Å²) in [4.78, 5) is 38.1. The lowest BCUT2D eigenvalue weighted by atomic mass is 10.0. The molecule has 0 heterocycles. The van der Waals surface area contributed by atoms with Crippen LogP contribution in [0.4, 0.5) is 0 Å². The largest absolute Gasteiger partial charge is 0.462 e. The van der Waals surface area contributed by atoms with Crippen LogP contribution >= 0.6 is 0 Å². The van der Waals surface area contributed by atoms with E-state index in [1.54, 1.807) is 0 Å². The minimum atomic E-state index is -0.790. The van der Waals surface area contributed by atoms with E-state index in [2.05, 4.69) is 81.5 Å². The van der Waals surface area contributed by atoms with E-state index in [9.17, 15) is 14.4 Å². The summed E-state index contributed by atoms with van der Waals surface area (Å²) >= 11 is 0. The third-order valence-electron chi connectivity index (χ3n) is 12.0. The van der Waals surface area contributed by atoms with Crippen molar-refractivity contribution in [1.82, 2.24) is 0 Å². The van der Waals surface area contributed by atoms with Crippen molar-refractivity contribution in [2.45, 2.75) is 284 Å². The maximum absolute atomic E-state index is 12.8. The minimum Gasteiger partial charge on any atom is -0.462 e. The van der Waals surface area contributed by atoms with E-state index in [1.165, 1.54) is 161 Å². The first kappa shape index (κ1) is 62.1. The van der Waals surface area contributed by atoms with Crippen LogP contribution in [-0.2, 0) is 28.6 Å². The average molecular weight is 909 g/mol. The number of ether oxygens (including phenoxy) is 3. The van der Waals surface area contributed by atoms with Gasteiger partial charge in [-0.1, -0.05) is 229 Å². The van der Waals surface area contributed by atoms with E-state index in [0.29, 0.717) is 19.3 Å². The summed E-state index contributed by atoms with van der Waals surface area (Å²) in [6.45, 7) is 6.57. The number of carbonyl (C=O) groups is 3. The van der Waals surface area contributed by atoms with Crippen LogP contribution in [0.2, 0.25) is 0 Å². The Labute approximate surface area is 402 Å². The number of hydrogen-bond donors (Lipinski definition) is 0. The summed E-state index contributed by atoms with van der Waals surface area (Å²) in [5.74, 6) is -0.921. The second-order valence-electron chi connectivity index (χ2n) is 18.5. The van der Waals surface area contributed by atoms with Gasteiger partial charge in [0, 0.05) is 19.3 Å². The summed E-state index contributed by atoms with van der Waals surface area (Å²) in [7, 11) is 0. The molecule has 376 valence electrons. The highest BCUT2D eigenvalue weighted by atomic mass is 16.6. The summed E-state index contributed by atoms with van der Waals surface area (Å²) in [5.41, 5.74) is 0. The van der Waals surface area contributed by atoms with Gasteiger partial charge in [0.1, 0.15) is 13.2 Å². The first-order chi connectivity index (χ1) is 32.0. The summed E-state index contributed by atoms with van der Waals surface area (Å²) in [6.07, 6.45) is 66.3. The van der Waals surface area contributed by atoms with Crippen molar-refractivity contribution in [1.29, 1.82) is 0 Å². The van der Waals surface area contributed by atoms with Gasteiger partial charge in [0.2, 0.25) is 0 Å². The number of carbonyl (C=O) groups excluding carboxylic acids is 3. The van der Waals surface area contributed by atoms with Crippen LogP contribution in [0, 0.1) is 0 Å². The second kappa shape index (κ2) is 53.7. The van der Waals surface area contributed by atoms with Gasteiger partial charge in [-0.2, -0.15) is 0 Å². The Morgan fingerprint density at radius 3 is 0.923 bits per heavy atom. The Kier molecular flexibility index (Phi) is 51.3. The Bertz CT molecular complexity index is 1180. The number of unbranched alkanes of at least 4 members (excludes halogenated alkanes) is 29. The summed E-state index contributed by atoms with van der Waals surface area (Å²) in [6, 6.07) is 0. The first-order valence-corrected chi connectivity index (χ1v) is 27.8. The van der Waals surface area contributed by atoms with Gasteiger partial charge in [-0.05, 0) is 89.9 Å². The lowest BCUT2D eigenvalue weighted by molar-refractivity contribution is -0.167. The molecule has 0 bridgehead atoms. The molecule has 0 saturated carbocycles. The fourth-order valence-electron chi connectivity index (χ4n) is 7.77. The van der Waals surface area contributed by atoms with E-state index in [0.717, 1.165) is 77.0 Å². The van der Waals surface area contributed by atoms with Crippen LogP contribution in [0.1, 0.15) is 278 Å².